The molecule has 0 aliphatic rings. The molecular weight excluding hydrogens is 493 g/mol. The number of hydrogen-bond acceptors (Lipinski definition) is 4. The minimum Gasteiger partial charge on any atom is -0.494 e. The fourth-order valence-corrected chi connectivity index (χ4v) is 4.74. The van der Waals surface area contributed by atoms with Crippen molar-refractivity contribution in [3.8, 4) is 5.75 Å². The molecule has 0 spiro atoms. The monoisotopic (exact) mass is 512 g/mol. The lowest BCUT2D eigenvalue weighted by atomic mass is 10.2. The van der Waals surface area contributed by atoms with Gasteiger partial charge in [-0.15, -0.1) is 0 Å². The van der Waals surface area contributed by atoms with Crippen LogP contribution in [0.5, 0.6) is 5.75 Å². The SMILES string of the molecule is CCOc1cccc(NC(=O)CN(c2ccc(Cl)c(C(F)(F)F)c2)S(=O)(=O)c2ccccc2)c1. The molecule has 0 radical (unpaired) electrons. The number of carbonyl (C=O) groups is 1. The first-order valence-electron chi connectivity index (χ1n) is 9.99. The second kappa shape index (κ2) is 10.4. The first-order chi connectivity index (χ1) is 16.0. The van der Waals surface area contributed by atoms with E-state index in [1.54, 1.807) is 37.3 Å². The van der Waals surface area contributed by atoms with Gasteiger partial charge in [0.05, 0.1) is 27.8 Å². The average Bonchev–Trinajstić information content (AvgIpc) is 2.78. The smallest absolute Gasteiger partial charge is 0.417 e. The number of benzene rings is 3. The van der Waals surface area contributed by atoms with E-state index < -0.39 is 39.2 Å². The Balaban J connectivity index is 2.00. The molecule has 0 aliphatic carbocycles. The number of amides is 1. The number of sulfonamides is 1. The molecule has 3 aromatic carbocycles. The lowest BCUT2D eigenvalue weighted by Crippen LogP contribution is -2.38. The van der Waals surface area contributed by atoms with Crippen LogP contribution in [0.2, 0.25) is 5.02 Å². The number of ether oxygens (including phenoxy) is 1. The molecule has 6 nitrogen and oxygen atoms in total. The van der Waals surface area contributed by atoms with Crippen LogP contribution in [0.1, 0.15) is 12.5 Å². The topological polar surface area (TPSA) is 75.7 Å². The van der Waals surface area contributed by atoms with E-state index in [9.17, 15) is 26.4 Å². The number of carbonyl (C=O) groups excluding carboxylic acids is 1. The summed E-state index contributed by atoms with van der Waals surface area (Å²) < 4.78 is 72.9. The molecular formula is C23H20ClF3N2O4S. The summed E-state index contributed by atoms with van der Waals surface area (Å²) in [6.07, 6.45) is -4.82. The lowest BCUT2D eigenvalue weighted by molar-refractivity contribution is -0.137. The van der Waals surface area contributed by atoms with Crippen LogP contribution in [0.3, 0.4) is 0 Å². The van der Waals surface area contributed by atoms with Crippen molar-refractivity contribution >= 4 is 38.9 Å². The molecule has 0 atom stereocenters. The number of anilines is 2. The minimum absolute atomic E-state index is 0.190. The third kappa shape index (κ3) is 6.00. The van der Waals surface area contributed by atoms with Gasteiger partial charge in [0, 0.05) is 11.8 Å². The quantitative estimate of drug-likeness (QED) is 0.427. The summed E-state index contributed by atoms with van der Waals surface area (Å²) in [5.41, 5.74) is -1.25. The third-order valence-electron chi connectivity index (χ3n) is 4.59. The van der Waals surface area contributed by atoms with E-state index in [0.29, 0.717) is 28.4 Å². The van der Waals surface area contributed by atoms with E-state index in [1.807, 2.05) is 0 Å². The normalized spacial score (nSPS) is 11.7. The van der Waals surface area contributed by atoms with Crippen LogP contribution in [-0.4, -0.2) is 27.5 Å². The largest absolute Gasteiger partial charge is 0.494 e. The predicted molar refractivity (Wildman–Crippen MR) is 124 cm³/mol. The van der Waals surface area contributed by atoms with Crippen molar-refractivity contribution in [2.45, 2.75) is 18.0 Å². The Bertz CT molecular complexity index is 1270. The molecule has 0 heterocycles. The summed E-state index contributed by atoms with van der Waals surface area (Å²) in [5, 5.41) is 1.96. The van der Waals surface area contributed by atoms with Crippen LogP contribution in [0.4, 0.5) is 24.5 Å². The molecule has 0 bridgehead atoms. The molecule has 0 unspecified atom stereocenters. The third-order valence-corrected chi connectivity index (χ3v) is 6.71. The number of alkyl halides is 3. The van der Waals surface area contributed by atoms with E-state index in [-0.39, 0.29) is 10.6 Å². The zero-order valence-corrected chi connectivity index (χ0v) is 19.4. The van der Waals surface area contributed by atoms with Crippen molar-refractivity contribution in [3.05, 3.63) is 83.4 Å². The minimum atomic E-state index is -4.82. The highest BCUT2D eigenvalue weighted by atomic mass is 35.5. The molecule has 0 saturated carbocycles. The van der Waals surface area contributed by atoms with Crippen LogP contribution in [0.15, 0.2) is 77.7 Å². The maximum Gasteiger partial charge on any atom is 0.417 e. The van der Waals surface area contributed by atoms with E-state index >= 15 is 0 Å². The Labute approximate surface area is 200 Å². The summed E-state index contributed by atoms with van der Waals surface area (Å²) in [4.78, 5) is 12.6. The van der Waals surface area contributed by atoms with Crippen molar-refractivity contribution in [1.29, 1.82) is 0 Å². The highest BCUT2D eigenvalue weighted by molar-refractivity contribution is 7.92. The summed E-state index contributed by atoms with van der Waals surface area (Å²) >= 11 is 5.69. The van der Waals surface area contributed by atoms with E-state index in [1.165, 1.54) is 24.3 Å². The highest BCUT2D eigenvalue weighted by Gasteiger charge is 2.35. The number of hydrogen-bond donors (Lipinski definition) is 1. The molecule has 3 rings (SSSR count). The van der Waals surface area contributed by atoms with Gasteiger partial charge in [-0.25, -0.2) is 8.42 Å². The molecule has 0 aromatic heterocycles. The molecule has 0 saturated heterocycles. The van der Waals surface area contributed by atoms with Gasteiger partial charge in [-0.2, -0.15) is 13.2 Å². The van der Waals surface area contributed by atoms with Gasteiger partial charge in [-0.3, -0.25) is 9.10 Å². The van der Waals surface area contributed by atoms with Crippen LogP contribution < -0.4 is 14.4 Å². The van der Waals surface area contributed by atoms with Crippen LogP contribution in [-0.2, 0) is 21.0 Å². The summed E-state index contributed by atoms with van der Waals surface area (Å²) in [7, 11) is -4.40. The Morgan fingerprint density at radius 1 is 1.03 bits per heavy atom. The molecule has 0 aliphatic heterocycles. The molecule has 0 fully saturated rings. The van der Waals surface area contributed by atoms with Crippen molar-refractivity contribution in [1.82, 2.24) is 0 Å². The van der Waals surface area contributed by atoms with Crippen LogP contribution in [0, 0.1) is 0 Å². The number of halogens is 4. The molecule has 1 N–H and O–H groups in total. The first-order valence-corrected chi connectivity index (χ1v) is 11.8. The summed E-state index contributed by atoms with van der Waals surface area (Å²) in [5.74, 6) is -0.279. The van der Waals surface area contributed by atoms with E-state index in [4.69, 9.17) is 16.3 Å². The summed E-state index contributed by atoms with van der Waals surface area (Å²) in [6, 6.07) is 16.2. The second-order valence-electron chi connectivity index (χ2n) is 7.00. The van der Waals surface area contributed by atoms with Crippen molar-refractivity contribution in [3.63, 3.8) is 0 Å². The molecule has 180 valence electrons. The summed E-state index contributed by atoms with van der Waals surface area (Å²) in [6.45, 7) is 1.41. The van der Waals surface area contributed by atoms with Crippen molar-refractivity contribution in [2.75, 3.05) is 22.8 Å². The van der Waals surface area contributed by atoms with E-state index in [0.717, 1.165) is 12.1 Å². The Morgan fingerprint density at radius 3 is 2.38 bits per heavy atom. The zero-order valence-electron chi connectivity index (χ0n) is 17.8. The predicted octanol–water partition coefficient (Wildman–Crippen LogP) is 5.59. The highest BCUT2D eigenvalue weighted by Crippen LogP contribution is 2.38. The van der Waals surface area contributed by atoms with E-state index in [2.05, 4.69) is 5.32 Å². The number of nitrogens with zero attached hydrogens (tertiary/aromatic N) is 1. The fourth-order valence-electron chi connectivity index (χ4n) is 3.08. The van der Waals surface area contributed by atoms with Crippen LogP contribution in [0.25, 0.3) is 0 Å². The lowest BCUT2D eigenvalue weighted by Gasteiger charge is -2.25. The van der Waals surface area contributed by atoms with Gasteiger partial charge in [0.15, 0.2) is 0 Å². The van der Waals surface area contributed by atoms with Crippen molar-refractivity contribution < 1.29 is 31.1 Å². The maximum atomic E-state index is 13.4. The fraction of sp³-hybridized carbons (Fsp3) is 0.174. The van der Waals surface area contributed by atoms with Gasteiger partial charge in [-0.05, 0) is 49.4 Å². The number of nitrogens with one attached hydrogen (secondary N) is 1. The van der Waals surface area contributed by atoms with Crippen molar-refractivity contribution in [2.24, 2.45) is 0 Å². The second-order valence-corrected chi connectivity index (χ2v) is 9.27. The average molecular weight is 513 g/mol. The Hall–Kier alpha value is -3.24. The first kappa shape index (κ1) is 25.4. The van der Waals surface area contributed by atoms with Gasteiger partial charge >= 0.3 is 6.18 Å². The van der Waals surface area contributed by atoms with Gasteiger partial charge in [-0.1, -0.05) is 35.9 Å². The molecule has 1 amide bonds. The molecule has 34 heavy (non-hydrogen) atoms. The Kier molecular flexibility index (Phi) is 7.73. The van der Waals surface area contributed by atoms with Gasteiger partial charge < -0.3 is 10.1 Å². The molecule has 3 aromatic rings. The zero-order chi connectivity index (χ0) is 24.9. The Morgan fingerprint density at radius 2 is 1.74 bits per heavy atom. The van der Waals surface area contributed by atoms with Gasteiger partial charge in [0.2, 0.25) is 5.91 Å². The van der Waals surface area contributed by atoms with Crippen LogP contribution >= 0.6 is 11.6 Å². The van der Waals surface area contributed by atoms with Gasteiger partial charge in [0.25, 0.3) is 10.0 Å². The molecule has 11 heteroatoms. The maximum absolute atomic E-state index is 13.4. The van der Waals surface area contributed by atoms with Gasteiger partial charge in [0.1, 0.15) is 12.3 Å². The number of rotatable bonds is 8. The standard InChI is InChI=1S/C23H20ClF3N2O4S/c1-2-33-18-8-6-7-16(13-18)28-22(30)15-29(34(31,32)19-9-4-3-5-10-19)17-11-12-21(24)20(14-17)23(25,26)27/h3-14H,2,15H2,1H3,(H,28,30).